The normalized spacial score (nSPS) is 21.0. The zero-order valence-corrected chi connectivity index (χ0v) is 15.3. The fourth-order valence-electron chi connectivity index (χ4n) is 2.73. The number of nitrogens with zero attached hydrogens (tertiary/aromatic N) is 1. The molecule has 1 fully saturated rings. The van der Waals surface area contributed by atoms with Crippen LogP contribution in [0.1, 0.15) is 19.8 Å². The second-order valence-corrected chi connectivity index (χ2v) is 7.23. The average Bonchev–Trinajstić information content (AvgIpc) is 3.06. The smallest absolute Gasteiger partial charge is 0.191 e. The molecule has 1 atom stereocenters. The molecule has 0 spiro atoms. The molecular weight excluding hydrogens is 322 g/mol. The minimum Gasteiger partial charge on any atom is -0.396 e. The number of nitrogens with one attached hydrogen (secondary N) is 2. The van der Waals surface area contributed by atoms with Crippen LogP contribution in [0.25, 0.3) is 0 Å². The molecule has 0 bridgehead atoms. The van der Waals surface area contributed by atoms with Gasteiger partial charge in [0.2, 0.25) is 0 Å². The summed E-state index contributed by atoms with van der Waals surface area (Å²) in [6, 6.07) is 10.4. The van der Waals surface area contributed by atoms with E-state index < -0.39 is 0 Å². The number of benzene rings is 1. The van der Waals surface area contributed by atoms with Crippen molar-refractivity contribution in [2.75, 3.05) is 45.2 Å². The lowest BCUT2D eigenvalue weighted by Crippen LogP contribution is -2.39. The molecule has 1 unspecified atom stereocenters. The van der Waals surface area contributed by atoms with Gasteiger partial charge in [-0.15, -0.1) is 11.8 Å². The van der Waals surface area contributed by atoms with Crippen molar-refractivity contribution >= 4 is 17.7 Å². The molecule has 24 heavy (non-hydrogen) atoms. The van der Waals surface area contributed by atoms with Crippen LogP contribution in [0.5, 0.6) is 0 Å². The van der Waals surface area contributed by atoms with Gasteiger partial charge in [0, 0.05) is 42.4 Å². The number of hydrogen-bond donors (Lipinski definition) is 3. The van der Waals surface area contributed by atoms with E-state index in [-0.39, 0.29) is 12.0 Å². The van der Waals surface area contributed by atoms with Crippen molar-refractivity contribution in [1.82, 2.24) is 10.6 Å². The number of aliphatic hydroxyl groups excluding tert-OH is 1. The van der Waals surface area contributed by atoms with E-state index in [0.29, 0.717) is 13.2 Å². The number of aliphatic imine (C=N–C) groups is 1. The maximum Gasteiger partial charge on any atom is 0.191 e. The monoisotopic (exact) mass is 351 g/mol. The van der Waals surface area contributed by atoms with Crippen molar-refractivity contribution in [1.29, 1.82) is 0 Å². The summed E-state index contributed by atoms with van der Waals surface area (Å²) < 4.78 is 5.53. The minimum atomic E-state index is -0.00408. The van der Waals surface area contributed by atoms with Gasteiger partial charge in [-0.1, -0.05) is 18.2 Å². The fraction of sp³-hybridized carbons (Fsp3) is 0.611. The van der Waals surface area contributed by atoms with Crippen molar-refractivity contribution < 1.29 is 9.84 Å². The van der Waals surface area contributed by atoms with Gasteiger partial charge in [0.25, 0.3) is 0 Å². The summed E-state index contributed by atoms with van der Waals surface area (Å²) in [5.41, 5.74) is -0.00408. The fourth-order valence-corrected chi connectivity index (χ4v) is 3.52. The van der Waals surface area contributed by atoms with Crippen molar-refractivity contribution in [3.05, 3.63) is 30.3 Å². The summed E-state index contributed by atoms with van der Waals surface area (Å²) >= 11 is 1.83. The van der Waals surface area contributed by atoms with Gasteiger partial charge in [-0.2, -0.15) is 0 Å². The zero-order valence-electron chi connectivity index (χ0n) is 14.5. The Morgan fingerprint density at radius 3 is 2.83 bits per heavy atom. The summed E-state index contributed by atoms with van der Waals surface area (Å²) in [5.74, 6) is 1.83. The first-order valence-electron chi connectivity index (χ1n) is 8.67. The van der Waals surface area contributed by atoms with Crippen molar-refractivity contribution in [3.8, 4) is 0 Å². The Labute approximate surface area is 149 Å². The van der Waals surface area contributed by atoms with Gasteiger partial charge in [-0.25, -0.2) is 0 Å². The van der Waals surface area contributed by atoms with E-state index in [4.69, 9.17) is 9.73 Å². The largest absolute Gasteiger partial charge is 0.396 e. The first-order chi connectivity index (χ1) is 11.8. The van der Waals surface area contributed by atoms with Gasteiger partial charge < -0.3 is 20.5 Å². The Kier molecular flexibility index (Phi) is 8.42. The van der Waals surface area contributed by atoms with Crippen molar-refractivity contribution in [3.63, 3.8) is 0 Å². The molecule has 1 aromatic carbocycles. The van der Waals surface area contributed by atoms with Crippen LogP contribution < -0.4 is 10.6 Å². The van der Waals surface area contributed by atoms with Crippen LogP contribution >= 0.6 is 11.8 Å². The first-order valence-corrected chi connectivity index (χ1v) is 9.65. The average molecular weight is 352 g/mol. The van der Waals surface area contributed by atoms with Crippen LogP contribution in [0.2, 0.25) is 0 Å². The molecule has 134 valence electrons. The van der Waals surface area contributed by atoms with E-state index in [1.807, 2.05) is 17.8 Å². The maximum atomic E-state index is 9.30. The lowest BCUT2D eigenvalue weighted by atomic mass is 9.84. The van der Waals surface area contributed by atoms with Crippen LogP contribution in [-0.2, 0) is 4.74 Å². The number of aliphatic hydroxyl groups is 1. The zero-order chi connectivity index (χ0) is 17.1. The molecule has 3 N–H and O–H groups in total. The Morgan fingerprint density at radius 1 is 1.33 bits per heavy atom. The summed E-state index contributed by atoms with van der Waals surface area (Å²) in [7, 11) is 0. The highest BCUT2D eigenvalue weighted by Crippen LogP contribution is 2.32. The van der Waals surface area contributed by atoms with E-state index in [1.54, 1.807) is 0 Å². The molecule has 0 radical (unpaired) electrons. The van der Waals surface area contributed by atoms with E-state index in [9.17, 15) is 5.11 Å². The molecule has 1 aliphatic heterocycles. The molecule has 0 aromatic heterocycles. The Hall–Kier alpha value is -1.24. The third-order valence-electron chi connectivity index (χ3n) is 4.15. The highest BCUT2D eigenvalue weighted by Gasteiger charge is 2.34. The maximum absolute atomic E-state index is 9.30. The Morgan fingerprint density at radius 2 is 2.17 bits per heavy atom. The predicted octanol–water partition coefficient (Wildman–Crippen LogP) is 2.12. The molecule has 1 heterocycles. The molecule has 5 nitrogen and oxygen atoms in total. The highest BCUT2D eigenvalue weighted by molar-refractivity contribution is 7.99. The molecule has 6 heteroatoms. The minimum absolute atomic E-state index is 0.00408. The van der Waals surface area contributed by atoms with Crippen LogP contribution in [0.3, 0.4) is 0 Å². The molecule has 1 saturated heterocycles. The molecule has 0 amide bonds. The van der Waals surface area contributed by atoms with E-state index in [0.717, 1.165) is 44.3 Å². The number of hydrogen-bond acceptors (Lipinski definition) is 4. The van der Waals surface area contributed by atoms with Crippen molar-refractivity contribution in [2.24, 2.45) is 10.4 Å². The molecule has 0 saturated carbocycles. The molecule has 1 aliphatic rings. The van der Waals surface area contributed by atoms with Gasteiger partial charge in [0.1, 0.15) is 0 Å². The molecule has 0 aliphatic carbocycles. The van der Waals surface area contributed by atoms with E-state index in [1.165, 1.54) is 4.90 Å². The molecule has 2 rings (SSSR count). The van der Waals surface area contributed by atoms with Gasteiger partial charge in [-0.05, 0) is 31.9 Å². The number of rotatable bonds is 9. The SMILES string of the molecule is CCNC(=NCC1(CCO)CCOC1)NCCSc1ccccc1. The van der Waals surface area contributed by atoms with E-state index in [2.05, 4.69) is 41.8 Å². The summed E-state index contributed by atoms with van der Waals surface area (Å²) in [6.45, 7) is 6.10. The molecular formula is C18H29N3O2S. The van der Waals surface area contributed by atoms with Gasteiger partial charge in [-0.3, -0.25) is 4.99 Å². The summed E-state index contributed by atoms with van der Waals surface area (Å²) in [4.78, 5) is 6.01. The summed E-state index contributed by atoms with van der Waals surface area (Å²) in [5, 5.41) is 16.0. The topological polar surface area (TPSA) is 65.9 Å². The lowest BCUT2D eigenvalue weighted by Gasteiger charge is -2.24. The third-order valence-corrected chi connectivity index (χ3v) is 5.16. The van der Waals surface area contributed by atoms with Gasteiger partial charge >= 0.3 is 0 Å². The van der Waals surface area contributed by atoms with Crippen LogP contribution in [0, 0.1) is 5.41 Å². The molecule has 1 aromatic rings. The number of guanidine groups is 1. The second-order valence-electron chi connectivity index (χ2n) is 6.06. The highest BCUT2D eigenvalue weighted by atomic mass is 32.2. The van der Waals surface area contributed by atoms with Crippen LogP contribution in [-0.4, -0.2) is 56.3 Å². The first kappa shape index (κ1) is 19.1. The summed E-state index contributed by atoms with van der Waals surface area (Å²) in [6.07, 6.45) is 1.72. The Balaban J connectivity index is 1.79. The van der Waals surface area contributed by atoms with Crippen molar-refractivity contribution in [2.45, 2.75) is 24.7 Å². The lowest BCUT2D eigenvalue weighted by molar-refractivity contribution is 0.131. The second kappa shape index (κ2) is 10.6. The van der Waals surface area contributed by atoms with Gasteiger partial charge in [0.15, 0.2) is 5.96 Å². The Bertz CT molecular complexity index is 490. The van der Waals surface area contributed by atoms with Crippen LogP contribution in [0.4, 0.5) is 0 Å². The van der Waals surface area contributed by atoms with Gasteiger partial charge in [0.05, 0.1) is 13.2 Å². The number of ether oxygens (including phenoxy) is 1. The standard InChI is InChI=1S/C18H29N3O2S/c1-2-19-17(20-10-13-24-16-6-4-3-5-7-16)21-14-18(8-11-22)9-12-23-15-18/h3-7,22H,2,8-15H2,1H3,(H2,19,20,21). The number of thioether (sulfide) groups is 1. The van der Waals surface area contributed by atoms with Crippen LogP contribution in [0.15, 0.2) is 40.2 Å². The van der Waals surface area contributed by atoms with E-state index >= 15 is 0 Å². The predicted molar refractivity (Wildman–Crippen MR) is 101 cm³/mol. The quantitative estimate of drug-likeness (QED) is 0.275. The third kappa shape index (κ3) is 6.34.